The minimum absolute atomic E-state index is 0.00333. The van der Waals surface area contributed by atoms with Crippen LogP contribution in [0, 0.1) is 0 Å². The van der Waals surface area contributed by atoms with E-state index in [1.807, 2.05) is 18.2 Å². The van der Waals surface area contributed by atoms with Crippen LogP contribution in [0.3, 0.4) is 0 Å². The fraction of sp³-hybridized carbons (Fsp3) is 0.600. The first-order valence-electron chi connectivity index (χ1n) is 6.69. The summed E-state index contributed by atoms with van der Waals surface area (Å²) in [5.74, 6) is 0. The molecule has 0 amide bonds. The lowest BCUT2D eigenvalue weighted by Crippen LogP contribution is -2.51. The van der Waals surface area contributed by atoms with Crippen molar-refractivity contribution in [2.75, 3.05) is 13.7 Å². The van der Waals surface area contributed by atoms with Gasteiger partial charge in [-0.2, -0.15) is 0 Å². The average Bonchev–Trinajstić information content (AvgIpc) is 2.78. The topological polar surface area (TPSA) is 36.9 Å². The van der Waals surface area contributed by atoms with E-state index < -0.39 is 0 Å². The van der Waals surface area contributed by atoms with Crippen LogP contribution in [0.2, 0.25) is 0 Å². The van der Waals surface area contributed by atoms with Gasteiger partial charge >= 0.3 is 0 Å². The Labute approximate surface area is 113 Å². The minimum Gasteiger partial charge on any atom is -0.376 e. The minimum atomic E-state index is -0.353. The van der Waals surface area contributed by atoms with Crippen LogP contribution in [-0.2, 0) is 25.6 Å². The van der Waals surface area contributed by atoms with Crippen molar-refractivity contribution in [2.24, 2.45) is 0 Å². The highest BCUT2D eigenvalue weighted by atomic mass is 16.8. The molecule has 104 valence electrons. The van der Waals surface area contributed by atoms with Crippen LogP contribution in [0.5, 0.6) is 0 Å². The lowest BCUT2D eigenvalue weighted by atomic mass is 9.93. The molecule has 1 aromatic rings. The van der Waals surface area contributed by atoms with E-state index in [2.05, 4.69) is 19.1 Å². The predicted octanol–water partition coefficient (Wildman–Crippen LogP) is 2.12. The molecule has 4 atom stereocenters. The number of rotatable bonds is 4. The number of hydrogen-bond donors (Lipinski definition) is 0. The molecule has 4 nitrogen and oxygen atoms in total. The highest BCUT2D eigenvalue weighted by Gasteiger charge is 2.52. The van der Waals surface area contributed by atoms with Crippen LogP contribution in [0.4, 0.5) is 0 Å². The van der Waals surface area contributed by atoms with Gasteiger partial charge in [-0.15, -0.1) is 0 Å². The SMILES string of the molecule is CO[C@@H]1C[C@H](OCc2ccccc2)[C@@]2(C)CO[C@@H]1O2. The van der Waals surface area contributed by atoms with E-state index in [0.29, 0.717) is 13.2 Å². The monoisotopic (exact) mass is 264 g/mol. The Bertz CT molecular complexity index is 421. The van der Waals surface area contributed by atoms with Gasteiger partial charge in [0.1, 0.15) is 11.7 Å². The van der Waals surface area contributed by atoms with E-state index in [9.17, 15) is 0 Å². The van der Waals surface area contributed by atoms with Gasteiger partial charge in [0.05, 0.1) is 19.3 Å². The van der Waals surface area contributed by atoms with Crippen LogP contribution >= 0.6 is 0 Å². The second kappa shape index (κ2) is 5.21. The molecule has 19 heavy (non-hydrogen) atoms. The van der Waals surface area contributed by atoms with Crippen molar-refractivity contribution in [1.29, 1.82) is 0 Å². The van der Waals surface area contributed by atoms with Gasteiger partial charge in [-0.25, -0.2) is 0 Å². The summed E-state index contributed by atoms with van der Waals surface area (Å²) < 4.78 is 23.0. The summed E-state index contributed by atoms with van der Waals surface area (Å²) in [4.78, 5) is 0. The molecular formula is C15H20O4. The predicted molar refractivity (Wildman–Crippen MR) is 69.7 cm³/mol. The zero-order chi connectivity index (χ0) is 13.3. The first-order chi connectivity index (χ1) is 9.21. The molecule has 2 saturated heterocycles. The number of fused-ring (bicyclic) bond motifs is 2. The third-order valence-electron chi connectivity index (χ3n) is 3.95. The normalized spacial score (nSPS) is 37.5. The molecule has 2 fully saturated rings. The molecule has 0 spiro atoms. The van der Waals surface area contributed by atoms with Crippen LogP contribution in [0.25, 0.3) is 0 Å². The lowest BCUT2D eigenvalue weighted by molar-refractivity contribution is -0.229. The van der Waals surface area contributed by atoms with Crippen molar-refractivity contribution in [3.8, 4) is 0 Å². The van der Waals surface area contributed by atoms with Gasteiger partial charge in [-0.3, -0.25) is 0 Å². The van der Waals surface area contributed by atoms with Gasteiger partial charge in [-0.1, -0.05) is 30.3 Å². The summed E-state index contributed by atoms with van der Waals surface area (Å²) in [6.07, 6.45) is 0.518. The van der Waals surface area contributed by atoms with E-state index in [-0.39, 0.29) is 24.1 Å². The zero-order valence-corrected chi connectivity index (χ0v) is 11.4. The molecule has 3 rings (SSSR count). The van der Waals surface area contributed by atoms with E-state index in [1.165, 1.54) is 5.56 Å². The summed E-state index contributed by atoms with van der Waals surface area (Å²) in [7, 11) is 1.69. The first kappa shape index (κ1) is 13.1. The fourth-order valence-corrected chi connectivity index (χ4v) is 2.73. The molecule has 1 aromatic carbocycles. The highest BCUT2D eigenvalue weighted by Crippen LogP contribution is 2.39. The van der Waals surface area contributed by atoms with Crippen molar-refractivity contribution in [2.45, 2.75) is 44.1 Å². The molecule has 0 aliphatic carbocycles. The van der Waals surface area contributed by atoms with E-state index in [0.717, 1.165) is 6.42 Å². The van der Waals surface area contributed by atoms with Gasteiger partial charge < -0.3 is 18.9 Å². The maximum absolute atomic E-state index is 6.05. The van der Waals surface area contributed by atoms with Crippen LogP contribution in [0.1, 0.15) is 18.9 Å². The Morgan fingerprint density at radius 1 is 1.32 bits per heavy atom. The van der Waals surface area contributed by atoms with Crippen LogP contribution in [0.15, 0.2) is 30.3 Å². The third kappa shape index (κ3) is 2.54. The average molecular weight is 264 g/mol. The molecular weight excluding hydrogens is 244 g/mol. The molecule has 0 radical (unpaired) electrons. The molecule has 2 aliphatic heterocycles. The van der Waals surface area contributed by atoms with Crippen molar-refractivity contribution < 1.29 is 18.9 Å². The Morgan fingerprint density at radius 2 is 2.11 bits per heavy atom. The van der Waals surface area contributed by atoms with Gasteiger partial charge in [0.15, 0.2) is 6.29 Å². The van der Waals surface area contributed by atoms with Gasteiger partial charge in [0.25, 0.3) is 0 Å². The molecule has 0 N–H and O–H groups in total. The molecule has 2 bridgehead atoms. The maximum Gasteiger partial charge on any atom is 0.184 e. The standard InChI is InChI=1S/C15H20O4/c1-15-10-18-14(19-15)12(16-2)8-13(15)17-9-11-6-4-3-5-7-11/h3-7,12-14H,8-10H2,1-2H3/t12-,13+,14-,15-/m1/s1. The summed E-state index contributed by atoms with van der Waals surface area (Å²) >= 11 is 0. The second-order valence-electron chi connectivity index (χ2n) is 5.41. The summed E-state index contributed by atoms with van der Waals surface area (Å²) in [6, 6.07) is 10.2. The van der Waals surface area contributed by atoms with Crippen molar-refractivity contribution in [3.05, 3.63) is 35.9 Å². The molecule has 0 aromatic heterocycles. The van der Waals surface area contributed by atoms with Gasteiger partial charge in [-0.05, 0) is 12.5 Å². The second-order valence-corrected chi connectivity index (χ2v) is 5.41. The Balaban J connectivity index is 1.66. The number of benzene rings is 1. The number of hydrogen-bond acceptors (Lipinski definition) is 4. The van der Waals surface area contributed by atoms with Crippen molar-refractivity contribution in [1.82, 2.24) is 0 Å². The number of methoxy groups -OCH3 is 1. The molecule has 4 heteroatoms. The molecule has 0 saturated carbocycles. The Kier molecular flexibility index (Phi) is 3.58. The Morgan fingerprint density at radius 3 is 2.84 bits per heavy atom. The van der Waals surface area contributed by atoms with E-state index in [1.54, 1.807) is 7.11 Å². The summed E-state index contributed by atoms with van der Waals surface area (Å²) in [5.41, 5.74) is 0.815. The van der Waals surface area contributed by atoms with E-state index in [4.69, 9.17) is 18.9 Å². The molecule has 2 heterocycles. The Hall–Kier alpha value is -0.940. The largest absolute Gasteiger partial charge is 0.376 e. The van der Waals surface area contributed by atoms with Crippen LogP contribution < -0.4 is 0 Å². The quantitative estimate of drug-likeness (QED) is 0.834. The highest BCUT2D eigenvalue weighted by molar-refractivity contribution is 5.13. The first-order valence-corrected chi connectivity index (χ1v) is 6.69. The summed E-state index contributed by atoms with van der Waals surface area (Å²) in [6.45, 7) is 3.21. The van der Waals surface area contributed by atoms with Gasteiger partial charge in [0, 0.05) is 13.5 Å². The lowest BCUT2D eigenvalue weighted by Gasteiger charge is -2.39. The fourth-order valence-electron chi connectivity index (χ4n) is 2.73. The maximum atomic E-state index is 6.05. The third-order valence-corrected chi connectivity index (χ3v) is 3.95. The molecule has 2 aliphatic rings. The van der Waals surface area contributed by atoms with E-state index >= 15 is 0 Å². The van der Waals surface area contributed by atoms with Gasteiger partial charge in [0.2, 0.25) is 0 Å². The molecule has 0 unspecified atom stereocenters. The smallest absolute Gasteiger partial charge is 0.184 e. The van der Waals surface area contributed by atoms with Crippen LogP contribution in [-0.4, -0.2) is 37.8 Å². The zero-order valence-electron chi connectivity index (χ0n) is 11.4. The number of ether oxygens (including phenoxy) is 4. The van der Waals surface area contributed by atoms with Crippen molar-refractivity contribution >= 4 is 0 Å². The summed E-state index contributed by atoms with van der Waals surface area (Å²) in [5, 5.41) is 0. The van der Waals surface area contributed by atoms with Crippen molar-refractivity contribution in [3.63, 3.8) is 0 Å².